The molecule has 32 heavy (non-hydrogen) atoms. The fourth-order valence-corrected chi connectivity index (χ4v) is 6.27. The van der Waals surface area contributed by atoms with Crippen molar-refractivity contribution in [2.24, 2.45) is 0 Å². The van der Waals surface area contributed by atoms with Crippen LogP contribution < -0.4 is 10.7 Å². The van der Waals surface area contributed by atoms with Crippen molar-refractivity contribution < 1.29 is 19.4 Å². The predicted octanol–water partition coefficient (Wildman–Crippen LogP) is 5.07. The van der Waals surface area contributed by atoms with Gasteiger partial charge in [0.15, 0.2) is 5.43 Å². The maximum atomic E-state index is 13.0. The Bertz CT molecular complexity index is 1400. The van der Waals surface area contributed by atoms with Gasteiger partial charge in [0.05, 0.1) is 11.6 Å². The average Bonchev–Trinajstić information content (AvgIpc) is 3.14. The number of dihydropyridines is 1. The van der Waals surface area contributed by atoms with Crippen LogP contribution in [0.15, 0.2) is 82.1 Å². The van der Waals surface area contributed by atoms with E-state index < -0.39 is 12.1 Å². The third kappa shape index (κ3) is 3.41. The number of fused-ring (bicyclic) bond motifs is 1. The van der Waals surface area contributed by atoms with E-state index in [1.54, 1.807) is 25.1 Å². The quantitative estimate of drug-likeness (QED) is 0.524. The lowest BCUT2D eigenvalue weighted by Crippen LogP contribution is -2.28. The Balaban J connectivity index is 1.79. The highest BCUT2D eigenvalue weighted by molar-refractivity contribution is 8.14. The van der Waals surface area contributed by atoms with Crippen LogP contribution in [0.2, 0.25) is 0 Å². The molecule has 1 aromatic heterocycles. The number of nitrogens with one attached hydrogen (secondary N) is 1. The van der Waals surface area contributed by atoms with Gasteiger partial charge in [-0.1, -0.05) is 54.2 Å². The summed E-state index contributed by atoms with van der Waals surface area (Å²) in [7, 11) is 0. The molecule has 1 atom stereocenters. The van der Waals surface area contributed by atoms with Crippen molar-refractivity contribution in [1.82, 2.24) is 5.32 Å². The highest BCUT2D eigenvalue weighted by Crippen LogP contribution is 2.47. The van der Waals surface area contributed by atoms with Crippen molar-refractivity contribution in [3.8, 4) is 10.4 Å². The van der Waals surface area contributed by atoms with E-state index in [0.717, 1.165) is 16.1 Å². The van der Waals surface area contributed by atoms with Crippen molar-refractivity contribution >= 4 is 44.5 Å². The molecule has 0 fully saturated rings. The van der Waals surface area contributed by atoms with E-state index >= 15 is 0 Å². The zero-order valence-corrected chi connectivity index (χ0v) is 18.5. The van der Waals surface area contributed by atoms with Gasteiger partial charge in [0, 0.05) is 38.1 Å². The molecule has 2 aromatic carbocycles. The third-order valence-corrected chi connectivity index (χ3v) is 7.65. The van der Waals surface area contributed by atoms with E-state index in [-0.39, 0.29) is 16.3 Å². The highest BCUT2D eigenvalue weighted by Gasteiger charge is 2.40. The number of benzene rings is 2. The average molecular weight is 464 g/mol. The molecular weight excluding hydrogens is 446 g/mol. The molecule has 0 amide bonds. The number of allylic oxidation sites excluding steroid dienone is 2. The summed E-state index contributed by atoms with van der Waals surface area (Å²) in [5, 5.41) is 12.9. The molecule has 8 heteroatoms. The number of carboxylic acid groups (broad SMARTS) is 1. The third-order valence-electron chi connectivity index (χ3n) is 5.50. The second kappa shape index (κ2) is 7.96. The van der Waals surface area contributed by atoms with Gasteiger partial charge in [-0.2, -0.15) is 0 Å². The Kier molecular flexibility index (Phi) is 5.11. The Labute approximate surface area is 191 Å². The minimum atomic E-state index is -1.45. The predicted molar refractivity (Wildman–Crippen MR) is 126 cm³/mol. The van der Waals surface area contributed by atoms with Crippen LogP contribution in [-0.4, -0.2) is 22.1 Å². The Morgan fingerprint density at radius 2 is 1.91 bits per heavy atom. The van der Waals surface area contributed by atoms with Crippen molar-refractivity contribution in [2.45, 2.75) is 12.8 Å². The van der Waals surface area contributed by atoms with Crippen LogP contribution in [0.3, 0.4) is 0 Å². The number of hydrogen-bond donors (Lipinski definition) is 2. The molecule has 2 aliphatic rings. The van der Waals surface area contributed by atoms with Gasteiger partial charge in [0.2, 0.25) is 5.12 Å². The van der Waals surface area contributed by atoms with Crippen LogP contribution >= 0.6 is 23.1 Å². The smallest absolute Gasteiger partial charge is 0.449 e. The summed E-state index contributed by atoms with van der Waals surface area (Å²) in [6.07, 6.45) is -1.45. The molecule has 5 rings (SSSR count). The van der Waals surface area contributed by atoms with Gasteiger partial charge < -0.3 is 15.2 Å². The lowest BCUT2D eigenvalue weighted by Gasteiger charge is -2.28. The molecule has 160 valence electrons. The molecule has 0 spiro atoms. The number of thioether (sulfide) groups is 1. The van der Waals surface area contributed by atoms with Crippen LogP contribution in [0, 0.1) is 0 Å². The molecule has 0 bridgehead atoms. The first kappa shape index (κ1) is 20.5. The first-order valence-corrected chi connectivity index (χ1v) is 11.6. The summed E-state index contributed by atoms with van der Waals surface area (Å²) in [5.74, 6) is -0.0712. The zero-order valence-electron chi connectivity index (χ0n) is 16.9. The van der Waals surface area contributed by atoms with Crippen molar-refractivity contribution in [1.29, 1.82) is 0 Å². The molecular formula is C24H17NO5S2. The largest absolute Gasteiger partial charge is 0.511 e. The number of hydrogen-bond acceptors (Lipinski definition) is 7. The van der Waals surface area contributed by atoms with Gasteiger partial charge in [-0.15, -0.1) is 11.3 Å². The number of carbonyl (C=O) groups excluding carboxylic acids is 1. The van der Waals surface area contributed by atoms with Crippen LogP contribution in [0.25, 0.3) is 20.5 Å². The van der Waals surface area contributed by atoms with E-state index in [1.807, 2.05) is 36.4 Å². The minimum Gasteiger partial charge on any atom is -0.449 e. The van der Waals surface area contributed by atoms with Gasteiger partial charge >= 0.3 is 6.16 Å². The Morgan fingerprint density at radius 1 is 1.12 bits per heavy atom. The SMILES string of the molecule is CC1=C(OC(=O)O)C(c2cccc3c(=O)cc(-c4ccccc4)sc23)C2=C(CSC2=O)N1. The number of carbonyl (C=O) groups is 2. The van der Waals surface area contributed by atoms with E-state index in [4.69, 9.17) is 4.74 Å². The highest BCUT2D eigenvalue weighted by atomic mass is 32.2. The van der Waals surface area contributed by atoms with E-state index in [9.17, 15) is 19.5 Å². The molecule has 1 unspecified atom stereocenters. The van der Waals surface area contributed by atoms with Crippen molar-refractivity contribution in [3.63, 3.8) is 0 Å². The summed E-state index contributed by atoms with van der Waals surface area (Å²) >= 11 is 2.61. The monoisotopic (exact) mass is 463 g/mol. The standard InChI is InChI=1S/C24H17NO5S2/c1-12-21(30-24(28)29)19(20-16(25-12)11-31-23(20)27)15-9-5-8-14-17(26)10-18(32-22(14)15)13-6-3-2-4-7-13/h2-10,19,25H,11H2,1H3,(H,28,29). The van der Waals surface area contributed by atoms with Crippen LogP contribution in [0.5, 0.6) is 0 Å². The lowest BCUT2D eigenvalue weighted by atomic mass is 9.85. The molecule has 2 aliphatic heterocycles. The molecule has 0 radical (unpaired) electrons. The molecule has 2 N–H and O–H groups in total. The van der Waals surface area contributed by atoms with Crippen LogP contribution in [0.4, 0.5) is 4.79 Å². The molecule has 0 saturated heterocycles. The summed E-state index contributed by atoms with van der Waals surface area (Å²) in [5.41, 5.74) is 3.24. The van der Waals surface area contributed by atoms with E-state index in [0.29, 0.717) is 32.7 Å². The summed E-state index contributed by atoms with van der Waals surface area (Å²) in [4.78, 5) is 38.1. The van der Waals surface area contributed by atoms with E-state index in [2.05, 4.69) is 5.32 Å². The normalized spacial score (nSPS) is 18.0. The number of rotatable bonds is 3. The van der Waals surface area contributed by atoms with Crippen molar-refractivity contribution in [2.75, 3.05) is 5.75 Å². The second-order valence-electron chi connectivity index (χ2n) is 7.45. The van der Waals surface area contributed by atoms with Gasteiger partial charge in [0.1, 0.15) is 5.76 Å². The number of ether oxygens (including phenoxy) is 1. The Hall–Kier alpha value is -3.36. The fraction of sp³-hybridized carbons (Fsp3) is 0.125. The van der Waals surface area contributed by atoms with Crippen LogP contribution in [0.1, 0.15) is 18.4 Å². The van der Waals surface area contributed by atoms with Gasteiger partial charge in [0.25, 0.3) is 0 Å². The summed E-state index contributed by atoms with van der Waals surface area (Å²) < 4.78 is 5.90. The first-order valence-electron chi connectivity index (χ1n) is 9.85. The summed E-state index contributed by atoms with van der Waals surface area (Å²) in [6.45, 7) is 1.73. The summed E-state index contributed by atoms with van der Waals surface area (Å²) in [6, 6.07) is 16.6. The first-order chi connectivity index (χ1) is 15.4. The van der Waals surface area contributed by atoms with Crippen LogP contribution in [-0.2, 0) is 9.53 Å². The zero-order chi connectivity index (χ0) is 22.4. The second-order valence-corrected chi connectivity index (χ2v) is 9.45. The lowest BCUT2D eigenvalue weighted by molar-refractivity contribution is -0.108. The fourth-order valence-electron chi connectivity index (χ4n) is 4.14. The Morgan fingerprint density at radius 3 is 2.66 bits per heavy atom. The minimum absolute atomic E-state index is 0.125. The molecule has 3 aromatic rings. The van der Waals surface area contributed by atoms with Crippen molar-refractivity contribution in [3.05, 3.63) is 93.1 Å². The maximum absolute atomic E-state index is 13.0. The van der Waals surface area contributed by atoms with Gasteiger partial charge in [-0.25, -0.2) is 4.79 Å². The molecule has 3 heterocycles. The molecule has 6 nitrogen and oxygen atoms in total. The topological polar surface area (TPSA) is 92.7 Å². The molecule has 0 saturated carbocycles. The maximum Gasteiger partial charge on any atom is 0.511 e. The van der Waals surface area contributed by atoms with E-state index in [1.165, 1.54) is 23.1 Å². The van der Waals surface area contributed by atoms with Gasteiger partial charge in [-0.3, -0.25) is 9.59 Å². The molecule has 0 aliphatic carbocycles. The van der Waals surface area contributed by atoms with Gasteiger partial charge in [-0.05, 0) is 24.1 Å².